The van der Waals surface area contributed by atoms with E-state index in [2.05, 4.69) is 13.8 Å². The predicted octanol–water partition coefficient (Wildman–Crippen LogP) is 2.06. The van der Waals surface area contributed by atoms with Crippen molar-refractivity contribution in [3.63, 3.8) is 0 Å². The first-order valence-electron chi connectivity index (χ1n) is 6.54. The van der Waals surface area contributed by atoms with Crippen LogP contribution in [0.25, 0.3) is 0 Å². The van der Waals surface area contributed by atoms with E-state index in [-0.39, 0.29) is 0 Å². The quantitative estimate of drug-likeness (QED) is 0.717. The molecular formula is C13H23NO2. The normalized spacial score (nSPS) is 25.4. The number of rotatable bonds is 5. The van der Waals surface area contributed by atoms with Crippen LogP contribution in [0, 0.1) is 11.8 Å². The van der Waals surface area contributed by atoms with Crippen molar-refractivity contribution >= 4 is 5.91 Å². The van der Waals surface area contributed by atoms with Crippen molar-refractivity contribution < 1.29 is 9.53 Å². The standard InChI is InChI=1S/C13H23NO2/c1-10(2)7-13(15)14-6-5-12(8-14)16-9-11-3-4-11/h10-12H,3-9H2,1-2H3. The molecule has 2 aliphatic rings. The third kappa shape index (κ3) is 3.48. The fourth-order valence-corrected chi connectivity index (χ4v) is 2.13. The second-order valence-electron chi connectivity index (χ2n) is 5.63. The number of hydrogen-bond acceptors (Lipinski definition) is 2. The van der Waals surface area contributed by atoms with Crippen LogP contribution in [-0.2, 0) is 9.53 Å². The minimum absolute atomic E-state index is 0.299. The van der Waals surface area contributed by atoms with Gasteiger partial charge in [0.15, 0.2) is 0 Å². The van der Waals surface area contributed by atoms with Crippen molar-refractivity contribution in [3.05, 3.63) is 0 Å². The zero-order valence-corrected chi connectivity index (χ0v) is 10.4. The number of likely N-dealkylation sites (tertiary alicyclic amines) is 1. The van der Waals surface area contributed by atoms with Crippen molar-refractivity contribution in [1.29, 1.82) is 0 Å². The SMILES string of the molecule is CC(C)CC(=O)N1CCC(OCC2CC2)C1. The lowest BCUT2D eigenvalue weighted by atomic mass is 10.1. The van der Waals surface area contributed by atoms with E-state index in [1.165, 1.54) is 12.8 Å². The molecule has 1 aliphatic carbocycles. The number of amides is 1. The van der Waals surface area contributed by atoms with Gasteiger partial charge >= 0.3 is 0 Å². The Morgan fingerprint density at radius 2 is 2.12 bits per heavy atom. The molecule has 0 spiro atoms. The molecule has 2 fully saturated rings. The van der Waals surface area contributed by atoms with E-state index in [1.807, 2.05) is 4.90 Å². The maximum absolute atomic E-state index is 11.8. The first-order valence-corrected chi connectivity index (χ1v) is 6.54. The minimum atomic E-state index is 0.299. The van der Waals surface area contributed by atoms with Gasteiger partial charge in [-0.2, -0.15) is 0 Å². The highest BCUT2D eigenvalue weighted by molar-refractivity contribution is 5.76. The number of hydrogen-bond donors (Lipinski definition) is 0. The van der Waals surface area contributed by atoms with Gasteiger partial charge in [-0.25, -0.2) is 0 Å². The molecule has 2 rings (SSSR count). The number of carbonyl (C=O) groups excluding carboxylic acids is 1. The molecule has 1 saturated carbocycles. The smallest absolute Gasteiger partial charge is 0.222 e. The number of ether oxygens (including phenoxy) is 1. The highest BCUT2D eigenvalue weighted by Crippen LogP contribution is 2.30. The Labute approximate surface area is 98.1 Å². The predicted molar refractivity (Wildman–Crippen MR) is 63.1 cm³/mol. The molecule has 1 unspecified atom stereocenters. The summed E-state index contributed by atoms with van der Waals surface area (Å²) in [5.41, 5.74) is 0. The van der Waals surface area contributed by atoms with Crippen LogP contribution >= 0.6 is 0 Å². The van der Waals surface area contributed by atoms with Gasteiger partial charge in [-0.05, 0) is 31.1 Å². The molecule has 1 atom stereocenters. The number of carbonyl (C=O) groups is 1. The van der Waals surface area contributed by atoms with Crippen LogP contribution in [0.2, 0.25) is 0 Å². The summed E-state index contributed by atoms with van der Waals surface area (Å²) in [5, 5.41) is 0. The molecule has 16 heavy (non-hydrogen) atoms. The topological polar surface area (TPSA) is 29.5 Å². The first-order chi connectivity index (χ1) is 7.65. The van der Waals surface area contributed by atoms with Gasteiger partial charge in [-0.3, -0.25) is 4.79 Å². The van der Waals surface area contributed by atoms with Crippen LogP contribution in [0.4, 0.5) is 0 Å². The molecular weight excluding hydrogens is 202 g/mol. The van der Waals surface area contributed by atoms with E-state index < -0.39 is 0 Å². The van der Waals surface area contributed by atoms with Crippen molar-refractivity contribution in [3.8, 4) is 0 Å². The van der Waals surface area contributed by atoms with E-state index in [9.17, 15) is 4.79 Å². The second kappa shape index (κ2) is 5.17. The molecule has 0 bridgehead atoms. The lowest BCUT2D eigenvalue weighted by molar-refractivity contribution is -0.131. The average molecular weight is 225 g/mol. The molecule has 0 aromatic rings. The monoisotopic (exact) mass is 225 g/mol. The second-order valence-corrected chi connectivity index (χ2v) is 5.63. The van der Waals surface area contributed by atoms with Crippen molar-refractivity contribution in [1.82, 2.24) is 4.90 Å². The Balaban J connectivity index is 1.67. The maximum Gasteiger partial charge on any atom is 0.222 e. The summed E-state index contributed by atoms with van der Waals surface area (Å²) < 4.78 is 5.82. The van der Waals surface area contributed by atoms with Gasteiger partial charge in [0.2, 0.25) is 5.91 Å². The molecule has 0 aromatic heterocycles. The highest BCUT2D eigenvalue weighted by Gasteiger charge is 2.29. The zero-order chi connectivity index (χ0) is 11.5. The largest absolute Gasteiger partial charge is 0.376 e. The Morgan fingerprint density at radius 1 is 1.38 bits per heavy atom. The number of nitrogens with zero attached hydrogens (tertiary/aromatic N) is 1. The molecule has 1 aliphatic heterocycles. The van der Waals surface area contributed by atoms with Crippen LogP contribution in [-0.4, -0.2) is 36.6 Å². The summed E-state index contributed by atoms with van der Waals surface area (Å²) in [6.07, 6.45) is 4.67. The van der Waals surface area contributed by atoms with Gasteiger partial charge in [-0.15, -0.1) is 0 Å². The maximum atomic E-state index is 11.8. The molecule has 0 aromatic carbocycles. The Kier molecular flexibility index (Phi) is 3.85. The Hall–Kier alpha value is -0.570. The fraction of sp³-hybridized carbons (Fsp3) is 0.923. The van der Waals surface area contributed by atoms with Crippen LogP contribution in [0.15, 0.2) is 0 Å². The molecule has 0 N–H and O–H groups in total. The summed E-state index contributed by atoms with van der Waals surface area (Å²) in [6, 6.07) is 0. The highest BCUT2D eigenvalue weighted by atomic mass is 16.5. The van der Waals surface area contributed by atoms with Crippen LogP contribution in [0.1, 0.15) is 39.5 Å². The summed E-state index contributed by atoms with van der Waals surface area (Å²) in [4.78, 5) is 13.8. The van der Waals surface area contributed by atoms with Gasteiger partial charge in [0, 0.05) is 26.1 Å². The van der Waals surface area contributed by atoms with Crippen molar-refractivity contribution in [2.24, 2.45) is 11.8 Å². The van der Waals surface area contributed by atoms with Gasteiger partial charge in [0.1, 0.15) is 0 Å². The summed E-state index contributed by atoms with van der Waals surface area (Å²) in [5.74, 6) is 1.58. The lowest BCUT2D eigenvalue weighted by Crippen LogP contribution is -2.31. The van der Waals surface area contributed by atoms with Crippen molar-refractivity contribution in [2.45, 2.75) is 45.6 Å². The molecule has 0 radical (unpaired) electrons. The van der Waals surface area contributed by atoms with E-state index in [1.54, 1.807) is 0 Å². The van der Waals surface area contributed by atoms with Crippen LogP contribution in [0.5, 0.6) is 0 Å². The Morgan fingerprint density at radius 3 is 2.75 bits per heavy atom. The van der Waals surface area contributed by atoms with Gasteiger partial charge in [0.05, 0.1) is 6.10 Å². The molecule has 92 valence electrons. The zero-order valence-electron chi connectivity index (χ0n) is 10.4. The van der Waals surface area contributed by atoms with Crippen molar-refractivity contribution in [2.75, 3.05) is 19.7 Å². The first kappa shape index (κ1) is 11.9. The molecule has 1 heterocycles. The van der Waals surface area contributed by atoms with E-state index in [4.69, 9.17) is 4.74 Å². The van der Waals surface area contributed by atoms with Gasteiger partial charge < -0.3 is 9.64 Å². The molecule has 1 amide bonds. The molecule has 3 heteroatoms. The fourth-order valence-electron chi connectivity index (χ4n) is 2.13. The Bertz CT molecular complexity index is 248. The van der Waals surface area contributed by atoms with Gasteiger partial charge in [0.25, 0.3) is 0 Å². The summed E-state index contributed by atoms with van der Waals surface area (Å²) in [7, 11) is 0. The van der Waals surface area contributed by atoms with Crippen LogP contribution < -0.4 is 0 Å². The van der Waals surface area contributed by atoms with E-state index in [0.29, 0.717) is 24.3 Å². The average Bonchev–Trinajstić information content (AvgIpc) is 2.92. The van der Waals surface area contributed by atoms with Gasteiger partial charge in [-0.1, -0.05) is 13.8 Å². The molecule has 3 nitrogen and oxygen atoms in total. The van der Waals surface area contributed by atoms with E-state index >= 15 is 0 Å². The molecule has 1 saturated heterocycles. The summed E-state index contributed by atoms with van der Waals surface area (Å²) >= 11 is 0. The summed E-state index contributed by atoms with van der Waals surface area (Å²) in [6.45, 7) is 6.81. The lowest BCUT2D eigenvalue weighted by Gasteiger charge is -2.17. The minimum Gasteiger partial charge on any atom is -0.376 e. The van der Waals surface area contributed by atoms with Crippen LogP contribution in [0.3, 0.4) is 0 Å². The third-order valence-corrected chi connectivity index (χ3v) is 3.35. The third-order valence-electron chi connectivity index (χ3n) is 3.35. The van der Waals surface area contributed by atoms with E-state index in [0.717, 1.165) is 32.0 Å².